The molecule has 2 aromatic heterocycles. The fourth-order valence-corrected chi connectivity index (χ4v) is 2.18. The molecule has 3 rings (SSSR count). The monoisotopic (exact) mass is 311 g/mol. The lowest BCUT2D eigenvalue weighted by molar-refractivity contribution is 0.0907. The van der Waals surface area contributed by atoms with Gasteiger partial charge in [-0.25, -0.2) is 4.68 Å². The number of carbonyl (C=O) groups excluding carboxylic acids is 1. The van der Waals surface area contributed by atoms with Crippen molar-refractivity contribution in [3.63, 3.8) is 0 Å². The summed E-state index contributed by atoms with van der Waals surface area (Å²) in [5.74, 6) is 0.148. The molecule has 23 heavy (non-hydrogen) atoms. The maximum Gasteiger partial charge on any atom is 0.315 e. The molecule has 0 unspecified atom stereocenters. The van der Waals surface area contributed by atoms with Crippen LogP contribution in [-0.2, 0) is 13.0 Å². The summed E-state index contributed by atoms with van der Waals surface area (Å²) in [4.78, 5) is 16.0. The van der Waals surface area contributed by atoms with E-state index in [2.05, 4.69) is 20.6 Å². The molecule has 0 spiro atoms. The third-order valence-corrected chi connectivity index (χ3v) is 3.51. The van der Waals surface area contributed by atoms with Crippen molar-refractivity contribution in [2.75, 3.05) is 0 Å². The molecule has 0 fully saturated rings. The van der Waals surface area contributed by atoms with Crippen LogP contribution in [0.1, 0.15) is 34.6 Å². The van der Waals surface area contributed by atoms with Gasteiger partial charge >= 0.3 is 11.8 Å². The van der Waals surface area contributed by atoms with Gasteiger partial charge in [0.2, 0.25) is 0 Å². The van der Waals surface area contributed by atoms with E-state index in [4.69, 9.17) is 4.52 Å². The number of aryl methyl sites for hydroxylation is 2. The molecule has 0 saturated carbocycles. The Morgan fingerprint density at radius 2 is 2.26 bits per heavy atom. The number of benzene rings is 1. The van der Waals surface area contributed by atoms with Crippen LogP contribution in [0.2, 0.25) is 0 Å². The summed E-state index contributed by atoms with van der Waals surface area (Å²) in [6.45, 7) is 4.29. The summed E-state index contributed by atoms with van der Waals surface area (Å²) in [7, 11) is 0. The second kappa shape index (κ2) is 6.43. The summed E-state index contributed by atoms with van der Waals surface area (Å²) < 4.78 is 6.71. The maximum absolute atomic E-state index is 12.0. The normalized spacial score (nSPS) is 10.7. The van der Waals surface area contributed by atoms with Crippen LogP contribution in [0, 0.1) is 6.92 Å². The van der Waals surface area contributed by atoms with E-state index < -0.39 is 0 Å². The van der Waals surface area contributed by atoms with E-state index >= 15 is 0 Å². The van der Waals surface area contributed by atoms with Gasteiger partial charge in [-0.1, -0.05) is 18.1 Å². The third-order valence-electron chi connectivity index (χ3n) is 3.51. The second-order valence-corrected chi connectivity index (χ2v) is 5.11. The predicted octanol–water partition coefficient (Wildman–Crippen LogP) is 2.06. The standard InChI is InChI=1S/C16H17N5O2/c1-3-14-19-16(23-20-14)15(22)17-10-12-5-6-13(9-11(12)2)21-8-4-7-18-21/h4-9H,3,10H2,1-2H3,(H,17,22). The molecule has 0 aliphatic rings. The van der Waals surface area contributed by atoms with Crippen LogP contribution >= 0.6 is 0 Å². The van der Waals surface area contributed by atoms with Crippen LogP contribution in [0.15, 0.2) is 41.2 Å². The van der Waals surface area contributed by atoms with Gasteiger partial charge in [-0.2, -0.15) is 10.1 Å². The minimum absolute atomic E-state index is 0.00679. The lowest BCUT2D eigenvalue weighted by atomic mass is 10.1. The van der Waals surface area contributed by atoms with Crippen LogP contribution in [-0.4, -0.2) is 25.8 Å². The predicted molar refractivity (Wildman–Crippen MR) is 83.1 cm³/mol. The summed E-state index contributed by atoms with van der Waals surface area (Å²) in [5, 5.41) is 10.7. The minimum Gasteiger partial charge on any atom is -0.344 e. The van der Waals surface area contributed by atoms with Crippen molar-refractivity contribution in [1.82, 2.24) is 25.2 Å². The SMILES string of the molecule is CCc1noc(C(=O)NCc2ccc(-n3cccn3)cc2C)n1. The van der Waals surface area contributed by atoms with E-state index in [1.54, 1.807) is 10.9 Å². The lowest BCUT2D eigenvalue weighted by Gasteiger charge is -2.09. The lowest BCUT2D eigenvalue weighted by Crippen LogP contribution is -2.23. The number of aromatic nitrogens is 4. The van der Waals surface area contributed by atoms with Crippen LogP contribution < -0.4 is 5.32 Å². The van der Waals surface area contributed by atoms with Crippen molar-refractivity contribution >= 4 is 5.91 Å². The Labute approximate surface area is 133 Å². The van der Waals surface area contributed by atoms with Crippen LogP contribution in [0.4, 0.5) is 0 Å². The Hall–Kier alpha value is -2.96. The first-order valence-corrected chi connectivity index (χ1v) is 7.37. The summed E-state index contributed by atoms with van der Waals surface area (Å²) >= 11 is 0. The van der Waals surface area contributed by atoms with Crippen molar-refractivity contribution in [1.29, 1.82) is 0 Å². The quantitative estimate of drug-likeness (QED) is 0.779. The van der Waals surface area contributed by atoms with Crippen LogP contribution in [0.25, 0.3) is 5.69 Å². The number of hydrogen-bond donors (Lipinski definition) is 1. The van der Waals surface area contributed by atoms with E-state index in [9.17, 15) is 4.79 Å². The summed E-state index contributed by atoms with van der Waals surface area (Å²) in [5.41, 5.74) is 3.06. The van der Waals surface area contributed by atoms with Gasteiger partial charge in [-0.15, -0.1) is 0 Å². The van der Waals surface area contributed by atoms with E-state index in [-0.39, 0.29) is 11.8 Å². The molecule has 1 aromatic carbocycles. The van der Waals surface area contributed by atoms with Gasteiger partial charge < -0.3 is 9.84 Å². The molecule has 0 bridgehead atoms. The first-order valence-electron chi connectivity index (χ1n) is 7.37. The molecule has 7 nitrogen and oxygen atoms in total. The molecule has 0 atom stereocenters. The molecule has 1 amide bonds. The molecule has 1 N–H and O–H groups in total. The third kappa shape index (κ3) is 3.28. The van der Waals surface area contributed by atoms with Gasteiger partial charge in [0.05, 0.1) is 5.69 Å². The molecule has 3 aromatic rings. The Bertz CT molecular complexity index is 808. The Balaban J connectivity index is 1.67. The van der Waals surface area contributed by atoms with Crippen molar-refractivity contribution in [2.45, 2.75) is 26.8 Å². The molecule has 118 valence electrons. The molecule has 2 heterocycles. The van der Waals surface area contributed by atoms with Gasteiger partial charge in [-0.3, -0.25) is 4.79 Å². The second-order valence-electron chi connectivity index (χ2n) is 5.11. The summed E-state index contributed by atoms with van der Waals surface area (Å²) in [6, 6.07) is 7.83. The van der Waals surface area contributed by atoms with Crippen molar-refractivity contribution in [2.24, 2.45) is 0 Å². The van der Waals surface area contributed by atoms with E-state index in [1.807, 2.05) is 44.3 Å². The molecule has 0 saturated heterocycles. The number of amides is 1. The molecule has 0 aliphatic heterocycles. The smallest absolute Gasteiger partial charge is 0.315 e. The number of hydrogen-bond acceptors (Lipinski definition) is 5. The number of rotatable bonds is 5. The maximum atomic E-state index is 12.0. The van der Waals surface area contributed by atoms with E-state index in [0.29, 0.717) is 18.8 Å². The number of nitrogens with one attached hydrogen (secondary N) is 1. The fourth-order valence-electron chi connectivity index (χ4n) is 2.18. The van der Waals surface area contributed by atoms with Gasteiger partial charge in [0, 0.05) is 25.4 Å². The molecule has 0 aliphatic carbocycles. The van der Waals surface area contributed by atoms with Crippen molar-refractivity contribution in [3.8, 4) is 5.69 Å². The average molecular weight is 311 g/mol. The van der Waals surface area contributed by atoms with Crippen LogP contribution in [0.3, 0.4) is 0 Å². The Morgan fingerprint density at radius 1 is 1.39 bits per heavy atom. The fraction of sp³-hybridized carbons (Fsp3) is 0.250. The zero-order valence-corrected chi connectivity index (χ0v) is 13.0. The van der Waals surface area contributed by atoms with E-state index in [0.717, 1.165) is 16.8 Å². The van der Waals surface area contributed by atoms with Crippen LogP contribution in [0.5, 0.6) is 0 Å². The Morgan fingerprint density at radius 3 is 2.91 bits per heavy atom. The van der Waals surface area contributed by atoms with Gasteiger partial charge in [0.15, 0.2) is 5.82 Å². The minimum atomic E-state index is -0.368. The number of nitrogens with zero attached hydrogens (tertiary/aromatic N) is 4. The molecular formula is C16H17N5O2. The number of carbonyl (C=O) groups is 1. The van der Waals surface area contributed by atoms with Crippen molar-refractivity contribution in [3.05, 3.63) is 59.5 Å². The highest BCUT2D eigenvalue weighted by atomic mass is 16.5. The summed E-state index contributed by atoms with van der Waals surface area (Å²) in [6.07, 6.45) is 4.25. The first-order chi connectivity index (χ1) is 11.2. The van der Waals surface area contributed by atoms with E-state index in [1.165, 1.54) is 0 Å². The zero-order chi connectivity index (χ0) is 16.2. The van der Waals surface area contributed by atoms with Gasteiger partial charge in [0.1, 0.15) is 0 Å². The van der Waals surface area contributed by atoms with Gasteiger partial charge in [-0.05, 0) is 36.2 Å². The molecule has 0 radical (unpaired) electrons. The van der Waals surface area contributed by atoms with Gasteiger partial charge in [0.25, 0.3) is 0 Å². The topological polar surface area (TPSA) is 85.8 Å². The first kappa shape index (κ1) is 15.0. The highest BCUT2D eigenvalue weighted by Crippen LogP contribution is 2.14. The Kier molecular flexibility index (Phi) is 4.18. The van der Waals surface area contributed by atoms with Crippen molar-refractivity contribution < 1.29 is 9.32 Å². The molecule has 7 heteroatoms. The zero-order valence-electron chi connectivity index (χ0n) is 13.0. The highest BCUT2D eigenvalue weighted by Gasteiger charge is 2.14. The average Bonchev–Trinajstić information content (AvgIpc) is 3.24. The molecular weight excluding hydrogens is 294 g/mol. The highest BCUT2D eigenvalue weighted by molar-refractivity contribution is 5.89. The largest absolute Gasteiger partial charge is 0.344 e.